The van der Waals surface area contributed by atoms with Crippen LogP contribution >= 0.6 is 0 Å². The van der Waals surface area contributed by atoms with E-state index in [4.69, 9.17) is 4.74 Å². The molecule has 3 rings (SSSR count). The van der Waals surface area contributed by atoms with Crippen LogP contribution in [0.15, 0.2) is 24.3 Å². The Morgan fingerprint density at radius 1 is 1.32 bits per heavy atom. The van der Waals surface area contributed by atoms with Gasteiger partial charge in [-0.3, -0.25) is 14.4 Å². The normalized spacial score (nSPS) is 24.3. The zero-order chi connectivity index (χ0) is 18.0. The predicted molar refractivity (Wildman–Crippen MR) is 92.5 cm³/mol. The topological polar surface area (TPSA) is 75.7 Å². The van der Waals surface area contributed by atoms with Gasteiger partial charge in [-0.2, -0.15) is 0 Å². The number of hydrogen-bond acceptors (Lipinski definition) is 4. The molecule has 1 N–H and O–H groups in total. The van der Waals surface area contributed by atoms with Gasteiger partial charge in [0.1, 0.15) is 17.4 Å². The van der Waals surface area contributed by atoms with Crippen molar-refractivity contribution in [2.24, 2.45) is 0 Å². The Balaban J connectivity index is 1.78. The number of Topliss-reactive ketones (excluding diaryl/α,β-unsaturated/α-hetero) is 1. The number of nitrogens with one attached hydrogen (secondary N) is 1. The molecule has 25 heavy (non-hydrogen) atoms. The lowest BCUT2D eigenvalue weighted by molar-refractivity contribution is -0.139. The molecule has 0 aromatic heterocycles. The van der Waals surface area contributed by atoms with Gasteiger partial charge in [0.05, 0.1) is 12.0 Å². The van der Waals surface area contributed by atoms with Gasteiger partial charge in [-0.1, -0.05) is 12.1 Å². The maximum absolute atomic E-state index is 12.5. The van der Waals surface area contributed by atoms with Crippen molar-refractivity contribution >= 4 is 17.6 Å². The first-order valence-corrected chi connectivity index (χ1v) is 8.84. The SMILES string of the molecule is CCNC(=O)[C@H](C)N1CC[C@@]2(CCC1=O)CC(=O)c1ccccc1O2. The molecule has 0 unspecified atom stereocenters. The quantitative estimate of drug-likeness (QED) is 0.909. The first-order valence-electron chi connectivity index (χ1n) is 8.84. The Morgan fingerprint density at radius 2 is 2.08 bits per heavy atom. The Kier molecular flexibility index (Phi) is 4.79. The van der Waals surface area contributed by atoms with E-state index in [2.05, 4.69) is 5.32 Å². The third kappa shape index (κ3) is 3.38. The molecule has 2 aliphatic rings. The van der Waals surface area contributed by atoms with E-state index in [9.17, 15) is 14.4 Å². The number of para-hydroxylation sites is 1. The first kappa shape index (κ1) is 17.5. The second-order valence-electron chi connectivity index (χ2n) is 6.79. The molecule has 134 valence electrons. The number of carbonyl (C=O) groups excluding carboxylic acids is 3. The van der Waals surface area contributed by atoms with Gasteiger partial charge in [-0.05, 0) is 32.4 Å². The minimum absolute atomic E-state index is 0.0551. The van der Waals surface area contributed by atoms with Crippen LogP contribution in [0.2, 0.25) is 0 Å². The molecule has 2 amide bonds. The van der Waals surface area contributed by atoms with Crippen molar-refractivity contribution in [3.05, 3.63) is 29.8 Å². The van der Waals surface area contributed by atoms with Gasteiger partial charge in [-0.15, -0.1) is 0 Å². The fraction of sp³-hybridized carbons (Fsp3) is 0.526. The third-order valence-electron chi connectivity index (χ3n) is 5.12. The lowest BCUT2D eigenvalue weighted by Gasteiger charge is -2.37. The summed E-state index contributed by atoms with van der Waals surface area (Å²) < 4.78 is 6.19. The van der Waals surface area contributed by atoms with E-state index in [0.717, 1.165) is 0 Å². The van der Waals surface area contributed by atoms with E-state index in [-0.39, 0.29) is 30.4 Å². The van der Waals surface area contributed by atoms with Gasteiger partial charge < -0.3 is 15.0 Å². The van der Waals surface area contributed by atoms with E-state index in [1.165, 1.54) is 0 Å². The number of likely N-dealkylation sites (N-methyl/N-ethyl adjacent to an activating group) is 1. The van der Waals surface area contributed by atoms with Crippen LogP contribution in [0.1, 0.15) is 49.9 Å². The Labute approximate surface area is 147 Å². The Bertz CT molecular complexity index is 702. The molecule has 1 saturated heterocycles. The average Bonchev–Trinajstić information content (AvgIpc) is 2.74. The van der Waals surface area contributed by atoms with Crippen LogP contribution in [-0.4, -0.2) is 47.2 Å². The highest BCUT2D eigenvalue weighted by atomic mass is 16.5. The number of ketones is 1. The maximum atomic E-state index is 12.5. The number of fused-ring (bicyclic) bond motifs is 1. The minimum atomic E-state index is -0.656. The van der Waals surface area contributed by atoms with Gasteiger partial charge in [0.25, 0.3) is 0 Å². The Morgan fingerprint density at radius 3 is 2.84 bits per heavy atom. The van der Waals surface area contributed by atoms with Crippen molar-refractivity contribution in [3.8, 4) is 5.75 Å². The minimum Gasteiger partial charge on any atom is -0.486 e. The van der Waals surface area contributed by atoms with Gasteiger partial charge >= 0.3 is 0 Å². The fourth-order valence-electron chi connectivity index (χ4n) is 3.65. The van der Waals surface area contributed by atoms with E-state index in [0.29, 0.717) is 37.2 Å². The molecule has 0 radical (unpaired) electrons. The zero-order valence-electron chi connectivity index (χ0n) is 14.7. The van der Waals surface area contributed by atoms with Crippen LogP contribution < -0.4 is 10.1 Å². The summed E-state index contributed by atoms with van der Waals surface area (Å²) in [6.45, 7) is 4.53. The molecule has 2 heterocycles. The summed E-state index contributed by atoms with van der Waals surface area (Å²) in [5.41, 5.74) is -0.0483. The molecule has 1 aromatic carbocycles. The molecule has 1 spiro atoms. The van der Waals surface area contributed by atoms with Crippen LogP contribution in [0.3, 0.4) is 0 Å². The van der Waals surface area contributed by atoms with E-state index < -0.39 is 11.6 Å². The molecular formula is C19H24N2O4. The molecule has 2 atom stereocenters. The predicted octanol–water partition coefficient (Wildman–Crippen LogP) is 1.93. The number of likely N-dealkylation sites (tertiary alicyclic amines) is 1. The molecule has 1 fully saturated rings. The summed E-state index contributed by atoms with van der Waals surface area (Å²) in [6, 6.07) is 6.72. The van der Waals surface area contributed by atoms with Crippen molar-refractivity contribution in [2.45, 2.75) is 51.2 Å². The second kappa shape index (κ2) is 6.86. The van der Waals surface area contributed by atoms with Crippen molar-refractivity contribution in [1.29, 1.82) is 0 Å². The molecule has 6 heteroatoms. The fourth-order valence-corrected chi connectivity index (χ4v) is 3.65. The summed E-state index contributed by atoms with van der Waals surface area (Å²) in [5, 5.41) is 2.76. The van der Waals surface area contributed by atoms with Crippen LogP contribution in [0.5, 0.6) is 5.75 Å². The number of ether oxygens (including phenoxy) is 1. The summed E-state index contributed by atoms with van der Waals surface area (Å²) in [4.78, 5) is 38.7. The maximum Gasteiger partial charge on any atom is 0.242 e. The monoisotopic (exact) mass is 344 g/mol. The third-order valence-corrected chi connectivity index (χ3v) is 5.12. The summed E-state index contributed by atoms with van der Waals surface area (Å²) in [6.07, 6.45) is 1.59. The largest absolute Gasteiger partial charge is 0.486 e. The molecule has 1 aromatic rings. The van der Waals surface area contributed by atoms with Gasteiger partial charge in [0.15, 0.2) is 5.78 Å². The number of hydrogen-bond donors (Lipinski definition) is 1. The highest BCUT2D eigenvalue weighted by Gasteiger charge is 2.44. The summed E-state index contributed by atoms with van der Waals surface area (Å²) in [7, 11) is 0. The van der Waals surface area contributed by atoms with Crippen molar-refractivity contribution in [2.75, 3.05) is 13.1 Å². The summed E-state index contributed by atoms with van der Waals surface area (Å²) in [5.74, 6) is 0.430. The number of nitrogens with zero attached hydrogens (tertiary/aromatic N) is 1. The number of rotatable bonds is 3. The van der Waals surface area contributed by atoms with Crippen LogP contribution in [-0.2, 0) is 9.59 Å². The smallest absolute Gasteiger partial charge is 0.242 e. The van der Waals surface area contributed by atoms with Crippen molar-refractivity contribution in [1.82, 2.24) is 10.2 Å². The molecule has 0 saturated carbocycles. The van der Waals surface area contributed by atoms with Crippen LogP contribution in [0.4, 0.5) is 0 Å². The first-order chi connectivity index (χ1) is 12.0. The molecular weight excluding hydrogens is 320 g/mol. The average molecular weight is 344 g/mol. The summed E-state index contributed by atoms with van der Waals surface area (Å²) >= 11 is 0. The number of carbonyl (C=O) groups is 3. The molecule has 6 nitrogen and oxygen atoms in total. The molecule has 0 aliphatic carbocycles. The van der Waals surface area contributed by atoms with E-state index >= 15 is 0 Å². The molecule has 0 bridgehead atoms. The standard InChI is InChI=1S/C19H24N2O4/c1-3-20-18(24)13(2)21-11-10-19(9-8-17(21)23)12-15(22)14-6-4-5-7-16(14)25-19/h4-7,13H,3,8-12H2,1-2H3,(H,20,24)/t13-,19-/m0/s1. The highest BCUT2D eigenvalue weighted by Crippen LogP contribution is 2.39. The lowest BCUT2D eigenvalue weighted by Crippen LogP contribution is -2.48. The second-order valence-corrected chi connectivity index (χ2v) is 6.79. The van der Waals surface area contributed by atoms with Gasteiger partial charge in [0.2, 0.25) is 11.8 Å². The van der Waals surface area contributed by atoms with Crippen molar-refractivity contribution < 1.29 is 19.1 Å². The van der Waals surface area contributed by atoms with Crippen LogP contribution in [0.25, 0.3) is 0 Å². The lowest BCUT2D eigenvalue weighted by atomic mass is 9.84. The zero-order valence-corrected chi connectivity index (χ0v) is 14.7. The van der Waals surface area contributed by atoms with Gasteiger partial charge in [0, 0.05) is 25.9 Å². The number of amides is 2. The van der Waals surface area contributed by atoms with E-state index in [1.54, 1.807) is 24.0 Å². The van der Waals surface area contributed by atoms with Crippen molar-refractivity contribution in [3.63, 3.8) is 0 Å². The van der Waals surface area contributed by atoms with Gasteiger partial charge in [-0.25, -0.2) is 0 Å². The highest BCUT2D eigenvalue weighted by molar-refractivity contribution is 6.00. The molecule has 2 aliphatic heterocycles. The van der Waals surface area contributed by atoms with E-state index in [1.807, 2.05) is 19.1 Å². The Hall–Kier alpha value is -2.37. The van der Waals surface area contributed by atoms with Crippen LogP contribution in [0, 0.1) is 0 Å². The number of benzene rings is 1.